The zero-order chi connectivity index (χ0) is 24.4. The van der Waals surface area contributed by atoms with Crippen LogP contribution in [0.5, 0.6) is 0 Å². The summed E-state index contributed by atoms with van der Waals surface area (Å²) in [5.41, 5.74) is 0.117. The van der Waals surface area contributed by atoms with Crippen molar-refractivity contribution in [3.63, 3.8) is 0 Å². The SMILES string of the molecule is O=C(COC(=O)C1CCC(N2C(=O)C3C4C=CC(C5CC45)C3C2=O)CC1)c1ccc([N+](=O)[O-])cc1. The standard InChI is InChI=1S/C26H26N2O7/c29-21(13-1-7-16(8-2-13)28(33)34)12-35-26(32)14-3-5-15(6-4-14)27-24(30)22-17-9-10-18(20-11-19(17)20)23(22)25(27)31/h1-2,7-10,14-15,17-20,22-23H,3-6,11-12H2. The van der Waals surface area contributed by atoms with E-state index < -0.39 is 23.3 Å². The lowest BCUT2D eigenvalue weighted by atomic mass is 9.63. The van der Waals surface area contributed by atoms with E-state index in [-0.39, 0.29) is 58.7 Å². The van der Waals surface area contributed by atoms with E-state index in [0.29, 0.717) is 37.5 Å². The second kappa shape index (κ2) is 8.10. The molecule has 6 atom stereocenters. The maximum Gasteiger partial charge on any atom is 0.309 e. The third-order valence-electron chi connectivity index (χ3n) is 8.84. The topological polar surface area (TPSA) is 124 Å². The molecule has 1 heterocycles. The summed E-state index contributed by atoms with van der Waals surface area (Å²) in [4.78, 5) is 63.1. The van der Waals surface area contributed by atoms with Crippen molar-refractivity contribution in [1.82, 2.24) is 4.90 Å². The van der Waals surface area contributed by atoms with Crippen LogP contribution in [0, 0.1) is 51.5 Å². The molecule has 2 amide bonds. The number of benzene rings is 1. The number of likely N-dealkylation sites (tertiary alicyclic amines) is 1. The van der Waals surface area contributed by atoms with Crippen molar-refractivity contribution in [3.8, 4) is 0 Å². The number of nitro groups is 1. The normalized spacial score (nSPS) is 36.5. The highest BCUT2D eigenvalue weighted by molar-refractivity contribution is 6.06. The number of hydrogen-bond acceptors (Lipinski definition) is 7. The van der Waals surface area contributed by atoms with Crippen molar-refractivity contribution in [1.29, 1.82) is 0 Å². The highest BCUT2D eigenvalue weighted by Crippen LogP contribution is 2.65. The third-order valence-corrected chi connectivity index (χ3v) is 8.84. The fourth-order valence-electron chi connectivity index (χ4n) is 7.02. The molecule has 0 N–H and O–H groups in total. The van der Waals surface area contributed by atoms with E-state index in [1.807, 2.05) is 0 Å². The first-order valence-corrected chi connectivity index (χ1v) is 12.3. The Morgan fingerprint density at radius 1 is 0.943 bits per heavy atom. The van der Waals surface area contributed by atoms with Gasteiger partial charge in [0, 0.05) is 23.7 Å². The molecule has 1 aliphatic heterocycles. The van der Waals surface area contributed by atoms with Crippen LogP contribution in [0.15, 0.2) is 36.4 Å². The Bertz CT molecular complexity index is 1110. The van der Waals surface area contributed by atoms with Crippen molar-refractivity contribution in [2.45, 2.75) is 38.1 Å². The van der Waals surface area contributed by atoms with Crippen LogP contribution in [-0.4, -0.2) is 46.0 Å². The number of esters is 1. The van der Waals surface area contributed by atoms with E-state index in [2.05, 4.69) is 12.2 Å². The van der Waals surface area contributed by atoms with Crippen molar-refractivity contribution < 1.29 is 28.8 Å². The number of non-ortho nitro benzene ring substituents is 1. The van der Waals surface area contributed by atoms with Gasteiger partial charge in [0.2, 0.25) is 11.8 Å². The van der Waals surface area contributed by atoms with Crippen LogP contribution in [0.4, 0.5) is 5.69 Å². The Morgan fingerprint density at radius 2 is 1.51 bits per heavy atom. The summed E-state index contributed by atoms with van der Waals surface area (Å²) in [6, 6.07) is 4.97. The molecular weight excluding hydrogens is 452 g/mol. The molecular formula is C26H26N2O7. The lowest BCUT2D eigenvalue weighted by Gasteiger charge is -2.37. The molecule has 6 aliphatic rings. The molecule has 35 heavy (non-hydrogen) atoms. The molecule has 4 fully saturated rings. The molecule has 0 spiro atoms. The number of carbonyl (C=O) groups excluding carboxylic acids is 4. The fourth-order valence-corrected chi connectivity index (χ4v) is 7.02. The highest BCUT2D eigenvalue weighted by atomic mass is 16.6. The molecule has 1 saturated heterocycles. The molecule has 3 saturated carbocycles. The number of Topliss-reactive ketones (excluding diaryl/α,β-unsaturated/α-hetero) is 1. The number of allylic oxidation sites excluding steroid dienone is 2. The summed E-state index contributed by atoms with van der Waals surface area (Å²) < 4.78 is 5.23. The van der Waals surface area contributed by atoms with Crippen molar-refractivity contribution >= 4 is 29.3 Å². The highest BCUT2D eigenvalue weighted by Gasteiger charge is 2.67. The van der Waals surface area contributed by atoms with Gasteiger partial charge in [0.15, 0.2) is 12.4 Å². The van der Waals surface area contributed by atoms with Gasteiger partial charge in [-0.2, -0.15) is 0 Å². The van der Waals surface area contributed by atoms with Gasteiger partial charge in [0.05, 0.1) is 22.7 Å². The molecule has 1 aromatic carbocycles. The zero-order valence-electron chi connectivity index (χ0n) is 19.1. The van der Waals surface area contributed by atoms with Gasteiger partial charge < -0.3 is 4.74 Å². The monoisotopic (exact) mass is 478 g/mol. The van der Waals surface area contributed by atoms with Crippen LogP contribution in [-0.2, 0) is 19.1 Å². The van der Waals surface area contributed by atoms with Crippen LogP contribution < -0.4 is 0 Å². The first kappa shape index (κ1) is 22.1. The summed E-state index contributed by atoms with van der Waals surface area (Å²) >= 11 is 0. The lowest BCUT2D eigenvalue weighted by Crippen LogP contribution is -2.44. The summed E-state index contributed by atoms with van der Waals surface area (Å²) in [6.45, 7) is -0.429. The summed E-state index contributed by atoms with van der Waals surface area (Å²) in [5, 5.41) is 10.7. The van der Waals surface area contributed by atoms with E-state index in [1.165, 1.54) is 29.2 Å². The van der Waals surface area contributed by atoms with E-state index in [1.54, 1.807) is 0 Å². The second-order valence-corrected chi connectivity index (χ2v) is 10.5. The average molecular weight is 479 g/mol. The summed E-state index contributed by atoms with van der Waals surface area (Å²) in [6.07, 6.45) is 7.58. The number of carbonyl (C=O) groups is 4. The minimum Gasteiger partial charge on any atom is -0.457 e. The minimum atomic E-state index is -0.550. The summed E-state index contributed by atoms with van der Waals surface area (Å²) in [7, 11) is 0. The van der Waals surface area contributed by atoms with Crippen molar-refractivity contribution in [3.05, 3.63) is 52.1 Å². The zero-order valence-corrected chi connectivity index (χ0v) is 19.1. The van der Waals surface area contributed by atoms with E-state index in [0.717, 1.165) is 6.42 Å². The van der Waals surface area contributed by atoms with E-state index >= 15 is 0 Å². The smallest absolute Gasteiger partial charge is 0.309 e. The lowest BCUT2D eigenvalue weighted by molar-refractivity contribution is -0.384. The number of hydrogen-bond donors (Lipinski definition) is 0. The Labute approximate surface area is 201 Å². The van der Waals surface area contributed by atoms with Gasteiger partial charge in [-0.3, -0.25) is 34.2 Å². The van der Waals surface area contributed by atoms with Crippen LogP contribution in [0.3, 0.4) is 0 Å². The molecule has 7 rings (SSSR count). The van der Waals surface area contributed by atoms with Gasteiger partial charge in [0.25, 0.3) is 5.69 Å². The number of imide groups is 1. The van der Waals surface area contributed by atoms with Gasteiger partial charge >= 0.3 is 5.97 Å². The molecule has 6 unspecified atom stereocenters. The van der Waals surface area contributed by atoms with Gasteiger partial charge in [-0.05, 0) is 67.9 Å². The van der Waals surface area contributed by atoms with Crippen molar-refractivity contribution in [2.24, 2.45) is 41.4 Å². The Balaban J connectivity index is 1.02. The molecule has 0 radical (unpaired) electrons. The molecule has 9 nitrogen and oxygen atoms in total. The largest absolute Gasteiger partial charge is 0.457 e. The predicted octanol–water partition coefficient (Wildman–Crippen LogP) is 2.93. The Morgan fingerprint density at radius 3 is 2.06 bits per heavy atom. The minimum absolute atomic E-state index is 0.0237. The number of amides is 2. The second-order valence-electron chi connectivity index (χ2n) is 10.5. The summed E-state index contributed by atoms with van der Waals surface area (Å²) in [5.74, 6) is -0.168. The molecule has 1 aromatic rings. The number of ketones is 1. The number of nitro benzene ring substituents is 1. The van der Waals surface area contributed by atoms with Gasteiger partial charge in [-0.1, -0.05) is 12.2 Å². The molecule has 182 valence electrons. The van der Waals surface area contributed by atoms with Gasteiger partial charge in [0.1, 0.15) is 0 Å². The Hall–Kier alpha value is -3.36. The van der Waals surface area contributed by atoms with Crippen LogP contribution in [0.25, 0.3) is 0 Å². The van der Waals surface area contributed by atoms with Crippen molar-refractivity contribution in [2.75, 3.05) is 6.61 Å². The van der Waals surface area contributed by atoms with Gasteiger partial charge in [-0.25, -0.2) is 0 Å². The average Bonchev–Trinajstić information content (AvgIpc) is 3.65. The molecule has 2 bridgehead atoms. The van der Waals surface area contributed by atoms with Crippen LogP contribution >= 0.6 is 0 Å². The predicted molar refractivity (Wildman–Crippen MR) is 121 cm³/mol. The van der Waals surface area contributed by atoms with E-state index in [9.17, 15) is 29.3 Å². The van der Waals surface area contributed by atoms with Crippen LogP contribution in [0.2, 0.25) is 0 Å². The fraction of sp³-hybridized carbons (Fsp3) is 0.538. The number of rotatable bonds is 6. The van der Waals surface area contributed by atoms with E-state index in [4.69, 9.17) is 4.74 Å². The first-order valence-electron chi connectivity index (χ1n) is 12.3. The maximum absolute atomic E-state index is 13.3. The maximum atomic E-state index is 13.3. The molecule has 0 aromatic heterocycles. The molecule has 9 heteroatoms. The quantitative estimate of drug-likeness (QED) is 0.154. The Kier molecular flexibility index (Phi) is 5.12. The van der Waals surface area contributed by atoms with Crippen LogP contribution in [0.1, 0.15) is 42.5 Å². The molecule has 5 aliphatic carbocycles. The van der Waals surface area contributed by atoms with Gasteiger partial charge in [-0.15, -0.1) is 0 Å². The first-order chi connectivity index (χ1) is 16.8. The number of nitrogens with zero attached hydrogens (tertiary/aromatic N) is 2. The third kappa shape index (κ3) is 3.51. The number of ether oxygens (including phenoxy) is 1.